The molecule has 0 amide bonds. The molecule has 2 nitrogen and oxygen atoms in total. The third kappa shape index (κ3) is 4.68. The summed E-state index contributed by atoms with van der Waals surface area (Å²) < 4.78 is 7.01. The first-order valence-corrected chi connectivity index (χ1v) is 8.26. The zero-order valence-corrected chi connectivity index (χ0v) is 14.9. The van der Waals surface area contributed by atoms with Crippen LogP contribution in [-0.2, 0) is 16.0 Å². The highest BCUT2D eigenvalue weighted by Crippen LogP contribution is 2.25. The maximum Gasteiger partial charge on any atom is 0.313 e. The fraction of sp³-hybridized carbons (Fsp3) is 0.235. The monoisotopic (exact) mass is 410 g/mol. The van der Waals surface area contributed by atoms with Crippen molar-refractivity contribution in [2.75, 3.05) is 7.11 Å². The van der Waals surface area contributed by atoms with Crippen LogP contribution in [0.5, 0.6) is 0 Å². The third-order valence-electron chi connectivity index (χ3n) is 3.39. The first-order chi connectivity index (χ1) is 10.1. The number of ether oxygens (including phenoxy) is 1. The van der Waals surface area contributed by atoms with Crippen LogP contribution in [0.1, 0.15) is 23.5 Å². The van der Waals surface area contributed by atoms with Crippen molar-refractivity contribution >= 4 is 37.8 Å². The Bertz CT molecular complexity index is 591. The molecule has 1 unspecified atom stereocenters. The van der Waals surface area contributed by atoms with Crippen molar-refractivity contribution in [3.05, 3.63) is 68.6 Å². The zero-order valence-electron chi connectivity index (χ0n) is 11.7. The van der Waals surface area contributed by atoms with Crippen molar-refractivity contribution in [3.63, 3.8) is 0 Å². The summed E-state index contributed by atoms with van der Waals surface area (Å²) in [5, 5.41) is 0. The number of methoxy groups -OCH3 is 1. The topological polar surface area (TPSA) is 26.3 Å². The number of rotatable bonds is 5. The summed E-state index contributed by atoms with van der Waals surface area (Å²) in [5.41, 5.74) is 2.20. The second-order valence-corrected chi connectivity index (χ2v) is 6.62. The van der Waals surface area contributed by atoms with Gasteiger partial charge >= 0.3 is 5.97 Å². The van der Waals surface area contributed by atoms with Crippen molar-refractivity contribution in [2.24, 2.45) is 0 Å². The lowest BCUT2D eigenvalue weighted by Crippen LogP contribution is -2.15. The van der Waals surface area contributed by atoms with E-state index in [0.717, 1.165) is 27.4 Å². The summed E-state index contributed by atoms with van der Waals surface area (Å²) in [6.45, 7) is 0. The molecule has 0 radical (unpaired) electrons. The second kappa shape index (κ2) is 7.76. The molecule has 2 aromatic rings. The van der Waals surface area contributed by atoms with Crippen LogP contribution >= 0.6 is 31.9 Å². The van der Waals surface area contributed by atoms with E-state index in [1.54, 1.807) is 0 Å². The van der Waals surface area contributed by atoms with Gasteiger partial charge in [-0.15, -0.1) is 0 Å². The number of esters is 1. The SMILES string of the molecule is COC(=O)C(CCc1ccc(Br)cc1)c1ccc(Br)cc1. The highest BCUT2D eigenvalue weighted by atomic mass is 79.9. The predicted octanol–water partition coefficient (Wildman–Crippen LogP) is 5.10. The lowest BCUT2D eigenvalue weighted by Gasteiger charge is -2.15. The van der Waals surface area contributed by atoms with Crippen LogP contribution in [0.25, 0.3) is 0 Å². The molecular formula is C17H16Br2O2. The van der Waals surface area contributed by atoms with Crippen LogP contribution in [0.2, 0.25) is 0 Å². The van der Waals surface area contributed by atoms with Crippen LogP contribution in [0.15, 0.2) is 57.5 Å². The molecule has 21 heavy (non-hydrogen) atoms. The van der Waals surface area contributed by atoms with Crippen LogP contribution < -0.4 is 0 Å². The van der Waals surface area contributed by atoms with E-state index in [2.05, 4.69) is 44.0 Å². The van der Waals surface area contributed by atoms with Gasteiger partial charge in [-0.05, 0) is 48.2 Å². The minimum absolute atomic E-state index is 0.186. The molecule has 0 aliphatic rings. The molecule has 0 saturated heterocycles. The molecule has 0 bridgehead atoms. The van der Waals surface area contributed by atoms with Crippen molar-refractivity contribution < 1.29 is 9.53 Å². The zero-order chi connectivity index (χ0) is 15.2. The Balaban J connectivity index is 2.11. The number of hydrogen-bond donors (Lipinski definition) is 0. The van der Waals surface area contributed by atoms with Gasteiger partial charge < -0.3 is 4.74 Å². The Hall–Kier alpha value is -1.13. The normalized spacial score (nSPS) is 12.0. The van der Waals surface area contributed by atoms with Gasteiger partial charge in [0.1, 0.15) is 0 Å². The molecule has 0 spiro atoms. The number of hydrogen-bond acceptors (Lipinski definition) is 2. The minimum atomic E-state index is -0.230. The quantitative estimate of drug-likeness (QED) is 0.639. The van der Waals surface area contributed by atoms with Gasteiger partial charge in [-0.25, -0.2) is 0 Å². The highest BCUT2D eigenvalue weighted by molar-refractivity contribution is 9.10. The fourth-order valence-corrected chi connectivity index (χ4v) is 2.75. The Morgan fingerprint density at radius 2 is 1.52 bits per heavy atom. The highest BCUT2D eigenvalue weighted by Gasteiger charge is 2.21. The van der Waals surface area contributed by atoms with Crippen molar-refractivity contribution in [3.8, 4) is 0 Å². The molecule has 4 heteroatoms. The molecule has 0 aliphatic carbocycles. The number of benzene rings is 2. The van der Waals surface area contributed by atoms with Crippen LogP contribution in [0, 0.1) is 0 Å². The van der Waals surface area contributed by atoms with E-state index in [1.807, 2.05) is 36.4 Å². The summed E-state index contributed by atoms with van der Waals surface area (Å²) in [4.78, 5) is 12.0. The standard InChI is InChI=1S/C17H16Br2O2/c1-21-17(20)16(13-5-9-15(19)10-6-13)11-4-12-2-7-14(18)8-3-12/h2-3,5-10,16H,4,11H2,1H3. The van der Waals surface area contributed by atoms with E-state index < -0.39 is 0 Å². The molecular weight excluding hydrogens is 396 g/mol. The summed E-state index contributed by atoms with van der Waals surface area (Å²) in [5.74, 6) is -0.416. The Kier molecular flexibility index (Phi) is 6.00. The summed E-state index contributed by atoms with van der Waals surface area (Å²) in [6.07, 6.45) is 1.57. The molecule has 0 fully saturated rings. The lowest BCUT2D eigenvalue weighted by molar-refractivity contribution is -0.142. The number of aryl methyl sites for hydroxylation is 1. The number of carbonyl (C=O) groups excluding carboxylic acids is 1. The summed E-state index contributed by atoms with van der Waals surface area (Å²) in [7, 11) is 1.44. The van der Waals surface area contributed by atoms with Gasteiger partial charge in [0.05, 0.1) is 13.0 Å². The molecule has 0 saturated carbocycles. The fourth-order valence-electron chi connectivity index (χ4n) is 2.22. The molecule has 1 atom stereocenters. The minimum Gasteiger partial charge on any atom is -0.469 e. The van der Waals surface area contributed by atoms with Crippen LogP contribution in [0.4, 0.5) is 0 Å². The van der Waals surface area contributed by atoms with Gasteiger partial charge in [0.15, 0.2) is 0 Å². The van der Waals surface area contributed by atoms with Crippen LogP contribution in [0.3, 0.4) is 0 Å². The Labute approximate surface area is 141 Å². The Morgan fingerprint density at radius 3 is 2.05 bits per heavy atom. The van der Waals surface area contributed by atoms with E-state index in [1.165, 1.54) is 12.7 Å². The van der Waals surface area contributed by atoms with Gasteiger partial charge in [-0.1, -0.05) is 56.1 Å². The number of carbonyl (C=O) groups is 1. The average Bonchev–Trinajstić information content (AvgIpc) is 2.50. The average molecular weight is 412 g/mol. The maximum absolute atomic E-state index is 12.0. The second-order valence-electron chi connectivity index (χ2n) is 4.79. The summed E-state index contributed by atoms with van der Waals surface area (Å²) >= 11 is 6.84. The van der Waals surface area contributed by atoms with Crippen molar-refractivity contribution in [1.29, 1.82) is 0 Å². The molecule has 2 rings (SSSR count). The van der Waals surface area contributed by atoms with Crippen molar-refractivity contribution in [2.45, 2.75) is 18.8 Å². The molecule has 0 aliphatic heterocycles. The molecule has 0 aromatic heterocycles. The van der Waals surface area contributed by atoms with Gasteiger partial charge in [-0.2, -0.15) is 0 Å². The molecule has 0 N–H and O–H groups in total. The molecule has 110 valence electrons. The Morgan fingerprint density at radius 1 is 1.00 bits per heavy atom. The van der Waals surface area contributed by atoms with Gasteiger partial charge in [-0.3, -0.25) is 4.79 Å². The van der Waals surface area contributed by atoms with E-state index in [0.29, 0.717) is 0 Å². The van der Waals surface area contributed by atoms with Gasteiger partial charge in [0, 0.05) is 8.95 Å². The van der Waals surface area contributed by atoms with Crippen LogP contribution in [-0.4, -0.2) is 13.1 Å². The smallest absolute Gasteiger partial charge is 0.313 e. The van der Waals surface area contributed by atoms with E-state index in [-0.39, 0.29) is 11.9 Å². The number of halogens is 2. The lowest BCUT2D eigenvalue weighted by atomic mass is 9.92. The van der Waals surface area contributed by atoms with Gasteiger partial charge in [0.25, 0.3) is 0 Å². The van der Waals surface area contributed by atoms with E-state index >= 15 is 0 Å². The molecule has 2 aromatic carbocycles. The first kappa shape index (κ1) is 16.2. The predicted molar refractivity (Wildman–Crippen MR) is 91.4 cm³/mol. The van der Waals surface area contributed by atoms with Crippen molar-refractivity contribution in [1.82, 2.24) is 0 Å². The molecule has 0 heterocycles. The van der Waals surface area contributed by atoms with E-state index in [4.69, 9.17) is 4.74 Å². The van der Waals surface area contributed by atoms with Gasteiger partial charge in [0.2, 0.25) is 0 Å². The maximum atomic E-state index is 12.0. The first-order valence-electron chi connectivity index (χ1n) is 6.68. The largest absolute Gasteiger partial charge is 0.469 e. The third-order valence-corrected chi connectivity index (χ3v) is 4.45. The van der Waals surface area contributed by atoms with E-state index in [9.17, 15) is 4.79 Å². The summed E-state index contributed by atoms with van der Waals surface area (Å²) in [6, 6.07) is 16.0.